The van der Waals surface area contributed by atoms with Gasteiger partial charge in [0.1, 0.15) is 5.76 Å². The van der Waals surface area contributed by atoms with Gasteiger partial charge in [-0.05, 0) is 30.2 Å². The molecule has 0 aliphatic carbocycles. The molecule has 16 heavy (non-hydrogen) atoms. The van der Waals surface area contributed by atoms with Crippen LogP contribution in [0.1, 0.15) is 23.0 Å². The van der Waals surface area contributed by atoms with Crippen LogP contribution in [-0.4, -0.2) is 5.11 Å². The molecule has 1 unspecified atom stereocenters. The summed E-state index contributed by atoms with van der Waals surface area (Å²) in [7, 11) is 0. The van der Waals surface area contributed by atoms with E-state index in [1.54, 1.807) is 12.3 Å². The first-order chi connectivity index (χ1) is 7.68. The lowest BCUT2D eigenvalue weighted by molar-refractivity contribution is 0.170. The number of aliphatic hydroxyl groups excluding tert-OH is 1. The van der Waals surface area contributed by atoms with E-state index in [0.29, 0.717) is 11.4 Å². The minimum Gasteiger partial charge on any atom is -0.469 e. The Balaban J connectivity index is 2.21. The highest BCUT2D eigenvalue weighted by molar-refractivity contribution is 6.32. The largest absolute Gasteiger partial charge is 0.469 e. The Labute approximate surface area is 99.5 Å². The Kier molecular flexibility index (Phi) is 3.32. The highest BCUT2D eigenvalue weighted by Crippen LogP contribution is 2.28. The Hall–Kier alpha value is -1.25. The molecule has 2 nitrogen and oxygen atoms in total. The van der Waals surface area contributed by atoms with Crippen molar-refractivity contribution in [2.45, 2.75) is 19.4 Å². The van der Waals surface area contributed by atoms with Gasteiger partial charge in [-0.25, -0.2) is 0 Å². The lowest BCUT2D eigenvalue weighted by Gasteiger charge is -2.12. The molecule has 0 saturated carbocycles. The summed E-state index contributed by atoms with van der Waals surface area (Å²) in [6.07, 6.45) is 1.41. The summed E-state index contributed by atoms with van der Waals surface area (Å²) in [4.78, 5) is 0. The molecule has 84 valence electrons. The van der Waals surface area contributed by atoms with Crippen LogP contribution < -0.4 is 0 Å². The van der Waals surface area contributed by atoms with Gasteiger partial charge in [-0.3, -0.25) is 0 Å². The van der Waals surface area contributed by atoms with E-state index in [2.05, 4.69) is 0 Å². The molecule has 0 bridgehead atoms. The smallest absolute Gasteiger partial charge is 0.106 e. The summed E-state index contributed by atoms with van der Waals surface area (Å²) in [5.41, 5.74) is 1.72. The fourth-order valence-corrected chi connectivity index (χ4v) is 1.91. The lowest BCUT2D eigenvalue weighted by Crippen LogP contribution is -2.02. The average molecular weight is 237 g/mol. The van der Waals surface area contributed by atoms with Gasteiger partial charge in [0.15, 0.2) is 0 Å². The topological polar surface area (TPSA) is 33.4 Å². The predicted octanol–water partition coefficient (Wildman–Crippen LogP) is 3.52. The molecule has 1 heterocycles. The zero-order valence-corrected chi connectivity index (χ0v) is 9.74. The minimum atomic E-state index is -0.626. The number of hydrogen-bond acceptors (Lipinski definition) is 2. The normalized spacial score (nSPS) is 12.7. The molecule has 2 aromatic rings. The van der Waals surface area contributed by atoms with Gasteiger partial charge in [-0.15, -0.1) is 0 Å². The quantitative estimate of drug-likeness (QED) is 0.885. The molecule has 0 amide bonds. The average Bonchev–Trinajstić information content (AvgIpc) is 2.74. The Morgan fingerprint density at radius 2 is 2.12 bits per heavy atom. The maximum atomic E-state index is 10.1. The van der Waals surface area contributed by atoms with Crippen LogP contribution >= 0.6 is 11.6 Å². The van der Waals surface area contributed by atoms with E-state index >= 15 is 0 Å². The van der Waals surface area contributed by atoms with Crippen LogP contribution in [0.2, 0.25) is 5.02 Å². The molecule has 3 heteroatoms. The van der Waals surface area contributed by atoms with Crippen LogP contribution in [-0.2, 0) is 6.42 Å². The number of benzene rings is 1. The van der Waals surface area contributed by atoms with E-state index in [-0.39, 0.29) is 0 Å². The Morgan fingerprint density at radius 1 is 1.31 bits per heavy atom. The van der Waals surface area contributed by atoms with E-state index in [4.69, 9.17) is 16.0 Å². The number of halogens is 1. The van der Waals surface area contributed by atoms with E-state index in [0.717, 1.165) is 16.9 Å². The van der Waals surface area contributed by atoms with Crippen LogP contribution in [0, 0.1) is 6.92 Å². The van der Waals surface area contributed by atoms with Crippen molar-refractivity contribution >= 4 is 11.6 Å². The molecule has 1 N–H and O–H groups in total. The fourth-order valence-electron chi connectivity index (χ4n) is 1.66. The Morgan fingerprint density at radius 3 is 2.81 bits per heavy atom. The standard InChI is InChI=1S/C13H13ClO2/c1-9-4-2-6-11(13(9)14)12(15)8-10-5-3-7-16-10/h2-7,12,15H,8H2,1H3. The maximum Gasteiger partial charge on any atom is 0.106 e. The van der Waals surface area contributed by atoms with Crippen molar-refractivity contribution in [3.8, 4) is 0 Å². The summed E-state index contributed by atoms with van der Waals surface area (Å²) < 4.78 is 5.19. The first kappa shape index (κ1) is 11.2. The van der Waals surface area contributed by atoms with Gasteiger partial charge < -0.3 is 9.52 Å². The number of rotatable bonds is 3. The van der Waals surface area contributed by atoms with E-state index in [1.165, 1.54) is 0 Å². The summed E-state index contributed by atoms with van der Waals surface area (Å²) in [5, 5.41) is 10.7. The lowest BCUT2D eigenvalue weighted by atomic mass is 10.0. The molecule has 1 aromatic heterocycles. The molecule has 0 spiro atoms. The van der Waals surface area contributed by atoms with E-state index in [9.17, 15) is 5.11 Å². The number of furan rings is 1. The van der Waals surface area contributed by atoms with Crippen LogP contribution in [0.15, 0.2) is 41.0 Å². The Bertz CT molecular complexity index is 463. The molecule has 1 atom stereocenters. The van der Waals surface area contributed by atoms with Crippen molar-refractivity contribution in [1.29, 1.82) is 0 Å². The van der Waals surface area contributed by atoms with Crippen molar-refractivity contribution < 1.29 is 9.52 Å². The van der Waals surface area contributed by atoms with Crippen molar-refractivity contribution in [2.75, 3.05) is 0 Å². The van der Waals surface area contributed by atoms with Gasteiger partial charge in [0.05, 0.1) is 12.4 Å². The monoisotopic (exact) mass is 236 g/mol. The van der Waals surface area contributed by atoms with Gasteiger partial charge in [0.25, 0.3) is 0 Å². The molecule has 0 fully saturated rings. The zero-order valence-electron chi connectivity index (χ0n) is 8.98. The molecule has 0 aliphatic rings. The SMILES string of the molecule is Cc1cccc(C(O)Cc2ccco2)c1Cl. The third kappa shape index (κ3) is 2.29. The summed E-state index contributed by atoms with van der Waals surface area (Å²) in [6.45, 7) is 1.92. The number of aryl methyl sites for hydroxylation is 1. The van der Waals surface area contributed by atoms with E-state index < -0.39 is 6.10 Å². The van der Waals surface area contributed by atoms with Crippen molar-refractivity contribution in [3.63, 3.8) is 0 Å². The second-order valence-electron chi connectivity index (χ2n) is 3.78. The summed E-state index contributed by atoms with van der Waals surface area (Å²) in [6, 6.07) is 9.29. The fraction of sp³-hybridized carbons (Fsp3) is 0.231. The van der Waals surface area contributed by atoms with Gasteiger partial charge in [0, 0.05) is 11.4 Å². The van der Waals surface area contributed by atoms with Gasteiger partial charge in [-0.2, -0.15) is 0 Å². The van der Waals surface area contributed by atoms with Crippen molar-refractivity contribution in [3.05, 3.63) is 58.5 Å². The predicted molar refractivity (Wildman–Crippen MR) is 63.6 cm³/mol. The molecular weight excluding hydrogens is 224 g/mol. The first-order valence-corrected chi connectivity index (χ1v) is 5.51. The third-order valence-electron chi connectivity index (χ3n) is 2.56. The number of hydrogen-bond donors (Lipinski definition) is 1. The zero-order chi connectivity index (χ0) is 11.5. The second kappa shape index (κ2) is 4.73. The third-order valence-corrected chi connectivity index (χ3v) is 3.07. The van der Waals surface area contributed by atoms with Gasteiger partial charge in [0.2, 0.25) is 0 Å². The first-order valence-electron chi connectivity index (χ1n) is 5.14. The minimum absolute atomic E-state index is 0.441. The van der Waals surface area contributed by atoms with E-state index in [1.807, 2.05) is 31.2 Å². The van der Waals surface area contributed by atoms with Crippen LogP contribution in [0.4, 0.5) is 0 Å². The summed E-state index contributed by atoms with van der Waals surface area (Å²) in [5.74, 6) is 0.755. The van der Waals surface area contributed by atoms with Crippen molar-refractivity contribution in [1.82, 2.24) is 0 Å². The van der Waals surface area contributed by atoms with Crippen LogP contribution in [0.5, 0.6) is 0 Å². The number of aliphatic hydroxyl groups is 1. The van der Waals surface area contributed by atoms with Crippen LogP contribution in [0.3, 0.4) is 0 Å². The molecule has 1 aromatic carbocycles. The van der Waals surface area contributed by atoms with Gasteiger partial charge in [-0.1, -0.05) is 29.8 Å². The van der Waals surface area contributed by atoms with Gasteiger partial charge >= 0.3 is 0 Å². The molecule has 0 aliphatic heterocycles. The van der Waals surface area contributed by atoms with Crippen LogP contribution in [0.25, 0.3) is 0 Å². The maximum absolute atomic E-state index is 10.1. The highest BCUT2D eigenvalue weighted by atomic mass is 35.5. The molecule has 0 radical (unpaired) electrons. The molecule has 2 rings (SSSR count). The second-order valence-corrected chi connectivity index (χ2v) is 4.16. The highest BCUT2D eigenvalue weighted by Gasteiger charge is 2.14. The molecular formula is C13H13ClO2. The van der Waals surface area contributed by atoms with Crippen molar-refractivity contribution in [2.24, 2.45) is 0 Å². The molecule has 0 saturated heterocycles. The summed E-state index contributed by atoms with van der Waals surface area (Å²) >= 11 is 6.14.